The molecule has 116 valence electrons. The number of aliphatic hydroxyl groups is 1. The minimum Gasteiger partial charge on any atom is -0.490 e. The van der Waals surface area contributed by atoms with E-state index < -0.39 is 6.10 Å². The fourth-order valence-corrected chi connectivity index (χ4v) is 4.23. The van der Waals surface area contributed by atoms with Gasteiger partial charge in [-0.25, -0.2) is 0 Å². The number of piperidine rings is 1. The van der Waals surface area contributed by atoms with E-state index in [1.54, 1.807) is 0 Å². The number of aliphatic hydroxyl groups excluding tert-OH is 1. The zero-order chi connectivity index (χ0) is 15.1. The van der Waals surface area contributed by atoms with Crippen LogP contribution in [0.1, 0.15) is 55.8 Å². The maximum atomic E-state index is 10.6. The summed E-state index contributed by atoms with van der Waals surface area (Å²) < 4.78 is 5.81. The molecule has 4 atom stereocenters. The minimum absolute atomic E-state index is 0.0691. The smallest absolute Gasteiger partial charge is 0.124 e. The van der Waals surface area contributed by atoms with Crippen molar-refractivity contribution in [3.63, 3.8) is 0 Å². The highest BCUT2D eigenvalue weighted by Gasteiger charge is 2.40. The Morgan fingerprint density at radius 1 is 1.14 bits per heavy atom. The first kappa shape index (κ1) is 14.9. The minimum atomic E-state index is -0.443. The quantitative estimate of drug-likeness (QED) is 0.860. The fourth-order valence-electron chi connectivity index (χ4n) is 4.23. The molecule has 1 saturated heterocycles. The standard InChI is InChI=1S/C18H27NO2/c1-11-8-12(2)17-16(9-11)21-10-15(20)18(17)19-13(3)6-5-7-14(19)4/h8-9,13-15,18,20H,5-7,10H2,1-4H3. The molecule has 1 fully saturated rings. The first-order chi connectivity index (χ1) is 9.99. The van der Waals surface area contributed by atoms with Crippen molar-refractivity contribution >= 4 is 0 Å². The van der Waals surface area contributed by atoms with E-state index in [0.29, 0.717) is 18.7 Å². The summed E-state index contributed by atoms with van der Waals surface area (Å²) in [5.74, 6) is 0.966. The summed E-state index contributed by atoms with van der Waals surface area (Å²) in [4.78, 5) is 2.53. The van der Waals surface area contributed by atoms with Crippen LogP contribution < -0.4 is 4.74 Å². The van der Waals surface area contributed by atoms with Gasteiger partial charge < -0.3 is 9.84 Å². The molecule has 0 saturated carbocycles. The molecule has 0 aliphatic carbocycles. The first-order valence-electron chi connectivity index (χ1n) is 8.18. The van der Waals surface area contributed by atoms with Gasteiger partial charge in [0.25, 0.3) is 0 Å². The van der Waals surface area contributed by atoms with Gasteiger partial charge in [0.1, 0.15) is 18.5 Å². The molecule has 1 aromatic rings. The molecule has 1 N–H and O–H groups in total. The lowest BCUT2D eigenvalue weighted by Gasteiger charge is -2.48. The molecule has 3 rings (SSSR count). The van der Waals surface area contributed by atoms with Gasteiger partial charge in [-0.05, 0) is 57.7 Å². The van der Waals surface area contributed by atoms with Crippen LogP contribution in [0.2, 0.25) is 0 Å². The molecule has 1 aromatic carbocycles. The van der Waals surface area contributed by atoms with E-state index in [9.17, 15) is 5.11 Å². The van der Waals surface area contributed by atoms with Gasteiger partial charge >= 0.3 is 0 Å². The molecule has 0 radical (unpaired) electrons. The van der Waals surface area contributed by atoms with Gasteiger partial charge in [-0.15, -0.1) is 0 Å². The monoisotopic (exact) mass is 289 g/mol. The molecule has 0 spiro atoms. The van der Waals surface area contributed by atoms with Crippen molar-refractivity contribution in [2.45, 2.75) is 71.2 Å². The van der Waals surface area contributed by atoms with Crippen LogP contribution >= 0.6 is 0 Å². The summed E-state index contributed by atoms with van der Waals surface area (Å²) >= 11 is 0. The number of likely N-dealkylation sites (tertiary alicyclic amines) is 1. The van der Waals surface area contributed by atoms with Crippen molar-refractivity contribution in [1.29, 1.82) is 0 Å². The van der Waals surface area contributed by atoms with E-state index >= 15 is 0 Å². The molecule has 3 heteroatoms. The van der Waals surface area contributed by atoms with Crippen molar-refractivity contribution in [2.75, 3.05) is 6.61 Å². The lowest BCUT2D eigenvalue weighted by atomic mass is 9.86. The average Bonchev–Trinajstić information content (AvgIpc) is 2.41. The molecule has 0 amide bonds. The molecule has 0 aromatic heterocycles. The van der Waals surface area contributed by atoms with Crippen LogP contribution in [0.5, 0.6) is 5.75 Å². The Hall–Kier alpha value is -1.06. The Morgan fingerprint density at radius 3 is 2.48 bits per heavy atom. The third-order valence-electron chi connectivity index (χ3n) is 5.15. The van der Waals surface area contributed by atoms with Crippen molar-refractivity contribution < 1.29 is 9.84 Å². The van der Waals surface area contributed by atoms with E-state index in [4.69, 9.17) is 4.74 Å². The van der Waals surface area contributed by atoms with Gasteiger partial charge in [-0.1, -0.05) is 12.5 Å². The summed E-state index contributed by atoms with van der Waals surface area (Å²) in [7, 11) is 0. The molecule has 0 bridgehead atoms. The number of hydrogen-bond donors (Lipinski definition) is 1. The summed E-state index contributed by atoms with van der Waals surface area (Å²) in [5, 5.41) is 10.6. The maximum Gasteiger partial charge on any atom is 0.124 e. The SMILES string of the molecule is Cc1cc(C)c2c(c1)OCC(O)C2N1C(C)CCCC1C. The van der Waals surface area contributed by atoms with Crippen LogP contribution in [-0.2, 0) is 0 Å². The summed E-state index contributed by atoms with van der Waals surface area (Å²) in [6.07, 6.45) is 3.28. The predicted molar refractivity (Wildman–Crippen MR) is 84.8 cm³/mol. The van der Waals surface area contributed by atoms with Gasteiger partial charge in [0, 0.05) is 17.6 Å². The molecule has 21 heavy (non-hydrogen) atoms. The van der Waals surface area contributed by atoms with E-state index in [-0.39, 0.29) is 6.04 Å². The molecule has 2 aliphatic rings. The van der Waals surface area contributed by atoms with Gasteiger partial charge in [0.05, 0.1) is 6.04 Å². The average molecular weight is 289 g/mol. The highest BCUT2D eigenvalue weighted by molar-refractivity contribution is 5.47. The number of hydrogen-bond acceptors (Lipinski definition) is 3. The topological polar surface area (TPSA) is 32.7 Å². The molecular formula is C18H27NO2. The van der Waals surface area contributed by atoms with Crippen LogP contribution in [0.3, 0.4) is 0 Å². The highest BCUT2D eigenvalue weighted by Crippen LogP contribution is 2.43. The Balaban J connectivity index is 2.06. The van der Waals surface area contributed by atoms with E-state index in [1.807, 2.05) is 0 Å². The Morgan fingerprint density at radius 2 is 1.81 bits per heavy atom. The van der Waals surface area contributed by atoms with Crippen molar-refractivity contribution in [2.24, 2.45) is 0 Å². The van der Waals surface area contributed by atoms with Gasteiger partial charge in [-0.3, -0.25) is 4.90 Å². The third-order valence-corrected chi connectivity index (χ3v) is 5.15. The largest absolute Gasteiger partial charge is 0.490 e. The summed E-state index contributed by atoms with van der Waals surface area (Å²) in [5.41, 5.74) is 3.65. The number of aryl methyl sites for hydroxylation is 2. The lowest BCUT2D eigenvalue weighted by Crippen LogP contribution is -2.52. The molecule has 2 heterocycles. The maximum absolute atomic E-state index is 10.6. The predicted octanol–water partition coefficient (Wildman–Crippen LogP) is 3.36. The van der Waals surface area contributed by atoms with Crippen LogP contribution in [0.15, 0.2) is 12.1 Å². The molecule has 4 unspecified atom stereocenters. The van der Waals surface area contributed by atoms with E-state index in [1.165, 1.54) is 36.0 Å². The second-order valence-corrected chi connectivity index (χ2v) is 6.89. The summed E-state index contributed by atoms with van der Waals surface area (Å²) in [6.45, 7) is 9.22. The third kappa shape index (κ3) is 2.58. The van der Waals surface area contributed by atoms with Crippen LogP contribution in [0.25, 0.3) is 0 Å². The zero-order valence-corrected chi connectivity index (χ0v) is 13.6. The Kier molecular flexibility index (Phi) is 3.98. The van der Waals surface area contributed by atoms with Crippen LogP contribution in [0, 0.1) is 13.8 Å². The Bertz CT molecular complexity index is 518. The van der Waals surface area contributed by atoms with Gasteiger partial charge in [0.15, 0.2) is 0 Å². The highest BCUT2D eigenvalue weighted by atomic mass is 16.5. The number of nitrogens with zero attached hydrogens (tertiary/aromatic N) is 1. The molecule has 2 aliphatic heterocycles. The number of benzene rings is 1. The second-order valence-electron chi connectivity index (χ2n) is 6.89. The molecular weight excluding hydrogens is 262 g/mol. The first-order valence-corrected chi connectivity index (χ1v) is 8.18. The number of rotatable bonds is 1. The number of ether oxygens (including phenoxy) is 1. The van der Waals surface area contributed by atoms with Gasteiger partial charge in [0.2, 0.25) is 0 Å². The lowest BCUT2D eigenvalue weighted by molar-refractivity contribution is -0.0459. The summed E-state index contributed by atoms with van der Waals surface area (Å²) in [6, 6.07) is 5.41. The van der Waals surface area contributed by atoms with E-state index in [0.717, 1.165) is 5.75 Å². The van der Waals surface area contributed by atoms with Crippen molar-refractivity contribution in [1.82, 2.24) is 4.90 Å². The van der Waals surface area contributed by atoms with Crippen molar-refractivity contribution in [3.8, 4) is 5.75 Å². The fraction of sp³-hybridized carbons (Fsp3) is 0.667. The van der Waals surface area contributed by atoms with Crippen LogP contribution in [0.4, 0.5) is 0 Å². The van der Waals surface area contributed by atoms with Crippen molar-refractivity contribution in [3.05, 3.63) is 28.8 Å². The second kappa shape index (κ2) is 5.62. The van der Waals surface area contributed by atoms with Crippen LogP contribution in [-0.4, -0.2) is 34.8 Å². The number of fused-ring (bicyclic) bond motifs is 1. The zero-order valence-electron chi connectivity index (χ0n) is 13.6. The van der Waals surface area contributed by atoms with Gasteiger partial charge in [-0.2, -0.15) is 0 Å². The molecule has 3 nitrogen and oxygen atoms in total. The van der Waals surface area contributed by atoms with E-state index in [2.05, 4.69) is 44.7 Å². The Labute approximate surface area is 127 Å². The normalized spacial score (nSPS) is 33.4.